The maximum Gasteiger partial charge on any atom is 0.257 e. The molecule has 8 heteroatoms. The Morgan fingerprint density at radius 3 is 2.86 bits per heavy atom. The van der Waals surface area contributed by atoms with Gasteiger partial charge in [0.2, 0.25) is 0 Å². The van der Waals surface area contributed by atoms with Gasteiger partial charge in [0, 0.05) is 44.2 Å². The lowest BCUT2D eigenvalue weighted by Crippen LogP contribution is -2.48. The van der Waals surface area contributed by atoms with Gasteiger partial charge in [-0.15, -0.1) is 24.0 Å². The zero-order chi connectivity index (χ0) is 19.6. The minimum Gasteiger partial charge on any atom is -0.484 e. The normalized spacial score (nSPS) is 17.1. The molecule has 1 aromatic carbocycles. The fourth-order valence-electron chi connectivity index (χ4n) is 2.93. The number of amides is 1. The Bertz CT molecular complexity index is 642. The lowest BCUT2D eigenvalue weighted by Gasteiger charge is -2.36. The highest BCUT2D eigenvalue weighted by Crippen LogP contribution is 2.25. The maximum absolute atomic E-state index is 11.5. The number of benzene rings is 1. The van der Waals surface area contributed by atoms with Gasteiger partial charge in [-0.1, -0.05) is 26.0 Å². The number of nitrogens with one attached hydrogen (secondary N) is 2. The van der Waals surface area contributed by atoms with Gasteiger partial charge in [-0.25, -0.2) is 0 Å². The van der Waals surface area contributed by atoms with Gasteiger partial charge in [0.15, 0.2) is 12.6 Å². The number of rotatable bonds is 7. The summed E-state index contributed by atoms with van der Waals surface area (Å²) in [6.45, 7) is 9.81. The number of ether oxygens (including phenoxy) is 1. The van der Waals surface area contributed by atoms with Crippen molar-refractivity contribution in [3.05, 3.63) is 29.8 Å². The molecule has 1 amide bonds. The molecule has 0 saturated carbocycles. The van der Waals surface area contributed by atoms with E-state index in [2.05, 4.69) is 46.1 Å². The molecule has 1 saturated heterocycles. The minimum absolute atomic E-state index is 0. The molecule has 1 fully saturated rings. The Balaban J connectivity index is 0.00000392. The van der Waals surface area contributed by atoms with Crippen molar-refractivity contribution in [1.82, 2.24) is 15.5 Å². The monoisotopic (exact) mass is 520 g/mol. The molecule has 0 aliphatic carbocycles. The quantitative estimate of drug-likeness (QED) is 0.329. The SMILES string of the molecule is CCNC(=O)COc1cccc(CNC(=NC)N2CCSC(C(C)C)C2)c1.I. The Morgan fingerprint density at radius 2 is 2.18 bits per heavy atom. The van der Waals surface area contributed by atoms with Gasteiger partial charge in [-0.2, -0.15) is 11.8 Å². The number of carbonyl (C=O) groups is 1. The minimum atomic E-state index is -0.107. The van der Waals surface area contributed by atoms with Crippen molar-refractivity contribution in [3.8, 4) is 5.75 Å². The van der Waals surface area contributed by atoms with Crippen molar-refractivity contribution in [2.45, 2.75) is 32.6 Å². The summed E-state index contributed by atoms with van der Waals surface area (Å²) in [7, 11) is 1.83. The molecule has 1 aromatic rings. The van der Waals surface area contributed by atoms with Crippen molar-refractivity contribution < 1.29 is 9.53 Å². The van der Waals surface area contributed by atoms with Crippen LogP contribution in [0.25, 0.3) is 0 Å². The van der Waals surface area contributed by atoms with Crippen molar-refractivity contribution in [1.29, 1.82) is 0 Å². The standard InChI is InChI=1S/C20H32N4O2S.HI/c1-5-22-19(25)14-26-17-8-6-7-16(11-17)12-23-20(21-4)24-9-10-27-18(13-24)15(2)3;/h6-8,11,15,18H,5,9-10,12-14H2,1-4H3,(H,21,23)(H,22,25);1H. The molecule has 0 bridgehead atoms. The van der Waals surface area contributed by atoms with Crippen LogP contribution in [0.5, 0.6) is 5.75 Å². The summed E-state index contributed by atoms with van der Waals surface area (Å²) in [6.07, 6.45) is 0. The van der Waals surface area contributed by atoms with Crippen LogP contribution in [0, 0.1) is 5.92 Å². The lowest BCUT2D eigenvalue weighted by molar-refractivity contribution is -0.122. The lowest BCUT2D eigenvalue weighted by atomic mass is 10.1. The first kappa shape index (κ1) is 24.9. The van der Waals surface area contributed by atoms with Crippen LogP contribution >= 0.6 is 35.7 Å². The molecule has 1 aliphatic rings. The maximum atomic E-state index is 11.5. The molecular weight excluding hydrogens is 487 g/mol. The Morgan fingerprint density at radius 1 is 1.39 bits per heavy atom. The van der Waals surface area contributed by atoms with Crippen molar-refractivity contribution in [2.24, 2.45) is 10.9 Å². The number of halogens is 1. The van der Waals surface area contributed by atoms with Crippen LogP contribution in [-0.4, -0.2) is 61.1 Å². The second-order valence-corrected chi connectivity index (χ2v) is 8.24. The van der Waals surface area contributed by atoms with Gasteiger partial charge < -0.3 is 20.3 Å². The summed E-state index contributed by atoms with van der Waals surface area (Å²) in [5, 5.41) is 6.83. The van der Waals surface area contributed by atoms with Crippen molar-refractivity contribution in [2.75, 3.05) is 39.0 Å². The first-order valence-electron chi connectivity index (χ1n) is 9.59. The van der Waals surface area contributed by atoms with Crippen LogP contribution in [-0.2, 0) is 11.3 Å². The van der Waals surface area contributed by atoms with Crippen LogP contribution in [0.15, 0.2) is 29.3 Å². The summed E-state index contributed by atoms with van der Waals surface area (Å²) in [5.41, 5.74) is 1.09. The smallest absolute Gasteiger partial charge is 0.257 e. The van der Waals surface area contributed by atoms with Gasteiger partial charge in [0.05, 0.1) is 0 Å². The molecule has 2 N–H and O–H groups in total. The second kappa shape index (κ2) is 13.1. The number of carbonyl (C=O) groups excluding carboxylic acids is 1. The molecule has 2 rings (SSSR count). The van der Waals surface area contributed by atoms with Gasteiger partial charge >= 0.3 is 0 Å². The number of thioether (sulfide) groups is 1. The average Bonchev–Trinajstić information content (AvgIpc) is 2.68. The van der Waals surface area contributed by atoms with E-state index in [9.17, 15) is 4.79 Å². The predicted octanol–water partition coefficient (Wildman–Crippen LogP) is 2.97. The number of nitrogens with zero attached hydrogens (tertiary/aromatic N) is 2. The Hall–Kier alpha value is -1.16. The third-order valence-electron chi connectivity index (χ3n) is 4.44. The molecule has 6 nitrogen and oxygen atoms in total. The second-order valence-electron chi connectivity index (χ2n) is 6.89. The molecule has 1 heterocycles. The molecular formula is C20H33IN4O2S. The van der Waals surface area contributed by atoms with E-state index >= 15 is 0 Å². The summed E-state index contributed by atoms with van der Waals surface area (Å²) in [5.74, 6) is 3.32. The van der Waals surface area contributed by atoms with E-state index in [1.54, 1.807) is 0 Å². The molecule has 158 valence electrons. The topological polar surface area (TPSA) is 66.0 Å². The number of hydrogen-bond acceptors (Lipinski definition) is 4. The van der Waals surface area contributed by atoms with E-state index < -0.39 is 0 Å². The molecule has 1 atom stereocenters. The van der Waals surface area contributed by atoms with Gasteiger partial charge in [-0.3, -0.25) is 9.79 Å². The van der Waals surface area contributed by atoms with Crippen LogP contribution in [0.3, 0.4) is 0 Å². The van der Waals surface area contributed by atoms with E-state index in [0.717, 1.165) is 30.4 Å². The summed E-state index contributed by atoms with van der Waals surface area (Å²) < 4.78 is 5.57. The third kappa shape index (κ3) is 8.06. The summed E-state index contributed by atoms with van der Waals surface area (Å²) in [6, 6.07) is 7.82. The number of aliphatic imine (C=N–C) groups is 1. The molecule has 1 aliphatic heterocycles. The van der Waals surface area contributed by atoms with E-state index in [0.29, 0.717) is 30.0 Å². The molecule has 0 aromatic heterocycles. The highest BCUT2D eigenvalue weighted by atomic mass is 127. The van der Waals surface area contributed by atoms with Gasteiger partial charge in [0.25, 0.3) is 5.91 Å². The van der Waals surface area contributed by atoms with Crippen LogP contribution < -0.4 is 15.4 Å². The number of likely N-dealkylation sites (N-methyl/N-ethyl adjacent to an activating group) is 1. The third-order valence-corrected chi connectivity index (χ3v) is 5.98. The summed E-state index contributed by atoms with van der Waals surface area (Å²) >= 11 is 2.06. The highest BCUT2D eigenvalue weighted by Gasteiger charge is 2.24. The first-order chi connectivity index (χ1) is 13.0. The molecule has 0 radical (unpaired) electrons. The molecule has 28 heavy (non-hydrogen) atoms. The van der Waals surface area contributed by atoms with Gasteiger partial charge in [-0.05, 0) is 30.5 Å². The number of hydrogen-bond donors (Lipinski definition) is 2. The van der Waals surface area contributed by atoms with E-state index in [1.807, 2.05) is 38.2 Å². The predicted molar refractivity (Wildman–Crippen MR) is 129 cm³/mol. The number of guanidine groups is 1. The largest absolute Gasteiger partial charge is 0.484 e. The Kier molecular flexibility index (Phi) is 11.7. The van der Waals surface area contributed by atoms with E-state index in [-0.39, 0.29) is 36.5 Å². The van der Waals surface area contributed by atoms with Gasteiger partial charge in [0.1, 0.15) is 5.75 Å². The van der Waals surface area contributed by atoms with Crippen LogP contribution in [0.4, 0.5) is 0 Å². The van der Waals surface area contributed by atoms with Crippen LogP contribution in [0.2, 0.25) is 0 Å². The van der Waals surface area contributed by atoms with E-state index in [4.69, 9.17) is 4.74 Å². The zero-order valence-corrected chi connectivity index (χ0v) is 20.4. The highest BCUT2D eigenvalue weighted by molar-refractivity contribution is 14.0. The average molecular weight is 520 g/mol. The fourth-order valence-corrected chi connectivity index (χ4v) is 4.23. The molecule has 1 unspecified atom stereocenters. The van der Waals surface area contributed by atoms with Crippen molar-refractivity contribution >= 4 is 47.6 Å². The zero-order valence-electron chi connectivity index (χ0n) is 17.2. The van der Waals surface area contributed by atoms with Crippen molar-refractivity contribution in [3.63, 3.8) is 0 Å². The van der Waals surface area contributed by atoms with Crippen LogP contribution in [0.1, 0.15) is 26.3 Å². The molecule has 0 spiro atoms. The summed E-state index contributed by atoms with van der Waals surface area (Å²) in [4.78, 5) is 18.3. The first-order valence-corrected chi connectivity index (χ1v) is 10.6. The fraction of sp³-hybridized carbons (Fsp3) is 0.600. The van der Waals surface area contributed by atoms with E-state index in [1.165, 1.54) is 0 Å². The Labute approximate surface area is 190 Å².